The standard InChI is InChI=1S/C21H25N3O2/c1-15-6-4-9-19(16(15)2)22-20(25)17-7-5-8-18(14-17)21(26)24-12-10-23(3)11-13-24/h4-9,14H,10-13H2,1-3H3,(H,22,25). The summed E-state index contributed by atoms with van der Waals surface area (Å²) in [5.74, 6) is -0.216. The molecule has 5 nitrogen and oxygen atoms in total. The molecule has 0 bridgehead atoms. The molecule has 0 atom stereocenters. The van der Waals surface area contributed by atoms with Gasteiger partial charge in [0.25, 0.3) is 11.8 Å². The van der Waals surface area contributed by atoms with Crippen LogP contribution >= 0.6 is 0 Å². The van der Waals surface area contributed by atoms with Crippen LogP contribution in [0.3, 0.4) is 0 Å². The molecule has 1 aliphatic heterocycles. The molecular formula is C21H25N3O2. The average Bonchev–Trinajstić information content (AvgIpc) is 2.65. The molecule has 1 heterocycles. The van der Waals surface area contributed by atoms with Gasteiger partial charge in [-0.05, 0) is 56.3 Å². The van der Waals surface area contributed by atoms with Crippen LogP contribution in [-0.4, -0.2) is 54.8 Å². The van der Waals surface area contributed by atoms with Gasteiger partial charge in [0, 0.05) is 43.0 Å². The summed E-state index contributed by atoms with van der Waals surface area (Å²) in [5, 5.41) is 2.95. The summed E-state index contributed by atoms with van der Waals surface area (Å²) in [6.07, 6.45) is 0. The maximum atomic E-state index is 12.7. The van der Waals surface area contributed by atoms with Crippen molar-refractivity contribution in [2.75, 3.05) is 38.5 Å². The van der Waals surface area contributed by atoms with Gasteiger partial charge in [-0.2, -0.15) is 0 Å². The Hall–Kier alpha value is -2.66. The first-order valence-electron chi connectivity index (χ1n) is 8.91. The summed E-state index contributed by atoms with van der Waals surface area (Å²) in [5.41, 5.74) is 4.02. The minimum absolute atomic E-state index is 0.0144. The van der Waals surface area contributed by atoms with Crippen LogP contribution in [0.5, 0.6) is 0 Å². The highest BCUT2D eigenvalue weighted by Crippen LogP contribution is 2.19. The number of hydrogen-bond donors (Lipinski definition) is 1. The fraction of sp³-hybridized carbons (Fsp3) is 0.333. The number of hydrogen-bond acceptors (Lipinski definition) is 3. The molecule has 136 valence electrons. The summed E-state index contributed by atoms with van der Waals surface area (Å²) in [4.78, 5) is 29.4. The van der Waals surface area contributed by atoms with Crippen molar-refractivity contribution in [2.24, 2.45) is 0 Å². The maximum absolute atomic E-state index is 12.7. The third-order valence-electron chi connectivity index (χ3n) is 5.02. The molecule has 2 aromatic rings. The summed E-state index contributed by atoms with van der Waals surface area (Å²) in [7, 11) is 2.06. The van der Waals surface area contributed by atoms with Gasteiger partial charge in [0.2, 0.25) is 0 Å². The highest BCUT2D eigenvalue weighted by Gasteiger charge is 2.21. The molecule has 0 spiro atoms. The first kappa shape index (κ1) is 18.1. The number of nitrogens with one attached hydrogen (secondary N) is 1. The Kier molecular flexibility index (Phi) is 5.38. The lowest BCUT2D eigenvalue weighted by Crippen LogP contribution is -2.47. The lowest BCUT2D eigenvalue weighted by molar-refractivity contribution is 0.0664. The zero-order valence-corrected chi connectivity index (χ0v) is 15.6. The number of likely N-dealkylation sites (N-methyl/N-ethyl adjacent to an activating group) is 1. The minimum atomic E-state index is -0.202. The molecule has 5 heteroatoms. The van der Waals surface area contributed by atoms with Crippen LogP contribution in [0, 0.1) is 13.8 Å². The fourth-order valence-electron chi connectivity index (χ4n) is 3.07. The van der Waals surface area contributed by atoms with Crippen LogP contribution < -0.4 is 5.32 Å². The fourth-order valence-corrected chi connectivity index (χ4v) is 3.07. The van der Waals surface area contributed by atoms with Crippen LogP contribution in [0.4, 0.5) is 5.69 Å². The monoisotopic (exact) mass is 351 g/mol. The molecule has 0 saturated carbocycles. The Balaban J connectivity index is 1.75. The lowest BCUT2D eigenvalue weighted by atomic mass is 10.1. The number of rotatable bonds is 3. The summed E-state index contributed by atoms with van der Waals surface area (Å²) >= 11 is 0. The number of nitrogens with zero attached hydrogens (tertiary/aromatic N) is 2. The molecule has 2 aromatic carbocycles. The van der Waals surface area contributed by atoms with Gasteiger partial charge in [0.1, 0.15) is 0 Å². The third-order valence-corrected chi connectivity index (χ3v) is 5.02. The van der Waals surface area contributed by atoms with Gasteiger partial charge >= 0.3 is 0 Å². The molecule has 0 aliphatic carbocycles. The molecule has 1 N–H and O–H groups in total. The normalized spacial score (nSPS) is 15.0. The average molecular weight is 351 g/mol. The lowest BCUT2D eigenvalue weighted by Gasteiger charge is -2.32. The third kappa shape index (κ3) is 3.94. The Bertz CT molecular complexity index is 824. The van der Waals surface area contributed by atoms with E-state index in [1.54, 1.807) is 24.3 Å². The zero-order chi connectivity index (χ0) is 18.7. The quantitative estimate of drug-likeness (QED) is 0.925. The molecule has 1 aliphatic rings. The minimum Gasteiger partial charge on any atom is -0.336 e. The van der Waals surface area contributed by atoms with Crippen LogP contribution in [0.25, 0.3) is 0 Å². The number of carbonyl (C=O) groups excluding carboxylic acids is 2. The van der Waals surface area contributed by atoms with E-state index in [0.29, 0.717) is 24.2 Å². The maximum Gasteiger partial charge on any atom is 0.255 e. The first-order valence-corrected chi connectivity index (χ1v) is 8.91. The predicted molar refractivity (Wildman–Crippen MR) is 104 cm³/mol. The highest BCUT2D eigenvalue weighted by molar-refractivity contribution is 6.06. The van der Waals surface area contributed by atoms with E-state index in [-0.39, 0.29) is 11.8 Å². The number of aryl methyl sites for hydroxylation is 1. The molecule has 1 saturated heterocycles. The van der Waals surface area contributed by atoms with Crippen LogP contribution in [-0.2, 0) is 0 Å². The Morgan fingerprint density at radius 2 is 1.58 bits per heavy atom. The van der Waals surface area contributed by atoms with Crippen molar-refractivity contribution in [3.63, 3.8) is 0 Å². The smallest absolute Gasteiger partial charge is 0.255 e. The number of carbonyl (C=O) groups is 2. The van der Waals surface area contributed by atoms with Gasteiger partial charge in [-0.3, -0.25) is 9.59 Å². The number of benzene rings is 2. The molecule has 0 aromatic heterocycles. The van der Waals surface area contributed by atoms with E-state index in [9.17, 15) is 9.59 Å². The highest BCUT2D eigenvalue weighted by atomic mass is 16.2. The molecule has 0 unspecified atom stereocenters. The predicted octanol–water partition coefficient (Wildman–Crippen LogP) is 2.94. The largest absolute Gasteiger partial charge is 0.336 e. The van der Waals surface area contributed by atoms with Gasteiger partial charge in [-0.1, -0.05) is 18.2 Å². The number of anilines is 1. The Morgan fingerprint density at radius 1 is 0.923 bits per heavy atom. The van der Waals surface area contributed by atoms with Gasteiger partial charge < -0.3 is 15.1 Å². The van der Waals surface area contributed by atoms with Crippen molar-refractivity contribution in [1.82, 2.24) is 9.80 Å². The molecule has 3 rings (SSSR count). The van der Waals surface area contributed by atoms with Crippen molar-refractivity contribution < 1.29 is 9.59 Å². The molecule has 2 amide bonds. The van der Waals surface area contributed by atoms with Crippen LogP contribution in [0.15, 0.2) is 42.5 Å². The second kappa shape index (κ2) is 7.70. The number of amides is 2. The Morgan fingerprint density at radius 3 is 2.31 bits per heavy atom. The first-order chi connectivity index (χ1) is 12.5. The second-order valence-electron chi connectivity index (χ2n) is 6.88. The Labute approximate surface area is 154 Å². The topological polar surface area (TPSA) is 52.7 Å². The van der Waals surface area contributed by atoms with E-state index in [0.717, 1.165) is 29.9 Å². The van der Waals surface area contributed by atoms with Crippen molar-refractivity contribution in [3.8, 4) is 0 Å². The van der Waals surface area contributed by atoms with E-state index in [1.165, 1.54) is 0 Å². The van der Waals surface area contributed by atoms with Crippen molar-refractivity contribution in [2.45, 2.75) is 13.8 Å². The second-order valence-corrected chi connectivity index (χ2v) is 6.88. The van der Waals surface area contributed by atoms with Gasteiger partial charge in [0.15, 0.2) is 0 Å². The molecular weight excluding hydrogens is 326 g/mol. The van der Waals surface area contributed by atoms with Crippen molar-refractivity contribution in [3.05, 3.63) is 64.7 Å². The van der Waals surface area contributed by atoms with Crippen molar-refractivity contribution >= 4 is 17.5 Å². The van der Waals surface area contributed by atoms with E-state index in [4.69, 9.17) is 0 Å². The van der Waals surface area contributed by atoms with Gasteiger partial charge in [-0.15, -0.1) is 0 Å². The van der Waals surface area contributed by atoms with E-state index < -0.39 is 0 Å². The summed E-state index contributed by atoms with van der Waals surface area (Å²) < 4.78 is 0. The van der Waals surface area contributed by atoms with Crippen molar-refractivity contribution in [1.29, 1.82) is 0 Å². The SMILES string of the molecule is Cc1cccc(NC(=O)c2cccc(C(=O)N3CCN(C)CC3)c2)c1C. The molecule has 26 heavy (non-hydrogen) atoms. The summed E-state index contributed by atoms with van der Waals surface area (Å²) in [6.45, 7) is 7.18. The van der Waals surface area contributed by atoms with E-state index >= 15 is 0 Å². The van der Waals surface area contributed by atoms with Gasteiger partial charge in [-0.25, -0.2) is 0 Å². The molecule has 1 fully saturated rings. The zero-order valence-electron chi connectivity index (χ0n) is 15.6. The summed E-state index contributed by atoms with van der Waals surface area (Å²) in [6, 6.07) is 12.8. The van der Waals surface area contributed by atoms with Crippen LogP contribution in [0.1, 0.15) is 31.8 Å². The van der Waals surface area contributed by atoms with Crippen LogP contribution in [0.2, 0.25) is 0 Å². The van der Waals surface area contributed by atoms with E-state index in [1.807, 2.05) is 36.9 Å². The molecule has 0 radical (unpaired) electrons. The van der Waals surface area contributed by atoms with E-state index in [2.05, 4.69) is 17.3 Å². The van der Waals surface area contributed by atoms with Gasteiger partial charge in [0.05, 0.1) is 0 Å². The number of piperazine rings is 1.